The van der Waals surface area contributed by atoms with Gasteiger partial charge >= 0.3 is 0 Å². The molecule has 1 aliphatic rings. The number of piperazine rings is 1. The summed E-state index contributed by atoms with van der Waals surface area (Å²) in [5.74, 6) is 6.09. The van der Waals surface area contributed by atoms with Crippen molar-refractivity contribution in [2.24, 2.45) is 0 Å². The third-order valence-electron chi connectivity index (χ3n) is 5.08. The predicted molar refractivity (Wildman–Crippen MR) is 111 cm³/mol. The Kier molecular flexibility index (Phi) is 5.09. The molecule has 0 atom stereocenters. The van der Waals surface area contributed by atoms with Gasteiger partial charge in [-0.05, 0) is 43.7 Å². The van der Waals surface area contributed by atoms with E-state index in [4.69, 9.17) is 0 Å². The molecule has 0 bridgehead atoms. The van der Waals surface area contributed by atoms with Crippen LogP contribution in [0.25, 0.3) is 11.0 Å². The molecule has 1 aromatic carbocycles. The number of hydrogen-bond acceptors (Lipinski definition) is 5. The number of H-pyrrole nitrogens is 1. The van der Waals surface area contributed by atoms with Gasteiger partial charge in [0.1, 0.15) is 11.2 Å². The number of hydrogen-bond donors (Lipinski definition) is 1. The number of anilines is 1. The van der Waals surface area contributed by atoms with Gasteiger partial charge in [0.15, 0.2) is 0 Å². The number of pyridine rings is 1. The highest BCUT2D eigenvalue weighted by molar-refractivity contribution is 5.82. The van der Waals surface area contributed by atoms with Crippen molar-refractivity contribution in [3.63, 3.8) is 0 Å². The van der Waals surface area contributed by atoms with Gasteiger partial charge in [-0.25, -0.2) is 4.98 Å². The van der Waals surface area contributed by atoms with Gasteiger partial charge in [-0.15, -0.1) is 5.92 Å². The zero-order valence-corrected chi connectivity index (χ0v) is 16.2. The summed E-state index contributed by atoms with van der Waals surface area (Å²) < 4.78 is 0. The molecule has 6 nitrogen and oxygen atoms in total. The summed E-state index contributed by atoms with van der Waals surface area (Å²) in [5.41, 5.74) is 5.00. The van der Waals surface area contributed by atoms with Gasteiger partial charge in [-0.1, -0.05) is 5.92 Å². The first-order valence-corrected chi connectivity index (χ1v) is 9.47. The average Bonchev–Trinajstić information content (AvgIpc) is 2.71. The van der Waals surface area contributed by atoms with Crippen LogP contribution in [0.5, 0.6) is 0 Å². The van der Waals surface area contributed by atoms with E-state index in [9.17, 15) is 4.79 Å². The normalized spacial score (nSPS) is 14.7. The quantitative estimate of drug-likeness (QED) is 0.714. The molecule has 4 rings (SSSR count). The van der Waals surface area contributed by atoms with Crippen molar-refractivity contribution in [1.29, 1.82) is 0 Å². The minimum Gasteiger partial charge on any atom is -0.368 e. The summed E-state index contributed by atoms with van der Waals surface area (Å²) >= 11 is 0. The van der Waals surface area contributed by atoms with Crippen LogP contribution in [0.2, 0.25) is 0 Å². The van der Waals surface area contributed by atoms with Crippen LogP contribution < -0.4 is 10.5 Å². The number of aryl methyl sites for hydroxylation is 1. The van der Waals surface area contributed by atoms with Crippen LogP contribution >= 0.6 is 0 Å². The smallest absolute Gasteiger partial charge is 0.269 e. The summed E-state index contributed by atoms with van der Waals surface area (Å²) in [5, 5.41) is 0. The zero-order chi connectivity index (χ0) is 19.5. The van der Waals surface area contributed by atoms with Crippen LogP contribution in [0, 0.1) is 18.8 Å². The van der Waals surface area contributed by atoms with Crippen LogP contribution in [0.15, 0.2) is 41.5 Å². The predicted octanol–water partition coefficient (Wildman–Crippen LogP) is 2.32. The number of nitrogens with one attached hydrogen (secondary N) is 1. The Morgan fingerprint density at radius 1 is 1.21 bits per heavy atom. The maximum Gasteiger partial charge on any atom is 0.269 e. The van der Waals surface area contributed by atoms with Crippen molar-refractivity contribution < 1.29 is 0 Å². The molecular formula is C22H23N5O. The number of aromatic amines is 1. The minimum atomic E-state index is -0.148. The van der Waals surface area contributed by atoms with Gasteiger partial charge in [0.05, 0.1) is 23.0 Å². The molecule has 6 heteroatoms. The Morgan fingerprint density at radius 3 is 2.75 bits per heavy atom. The van der Waals surface area contributed by atoms with E-state index < -0.39 is 0 Å². The van der Waals surface area contributed by atoms with Crippen LogP contribution in [0.4, 0.5) is 5.69 Å². The molecule has 2 aromatic heterocycles. The lowest BCUT2D eigenvalue weighted by Gasteiger charge is -2.36. The molecule has 1 N–H and O–H groups in total. The molecule has 1 aliphatic heterocycles. The first-order valence-electron chi connectivity index (χ1n) is 9.47. The minimum absolute atomic E-state index is 0.148. The molecule has 1 saturated heterocycles. The van der Waals surface area contributed by atoms with Crippen molar-refractivity contribution in [2.45, 2.75) is 20.4 Å². The number of fused-ring (bicyclic) bond motifs is 1. The van der Waals surface area contributed by atoms with Crippen LogP contribution in [-0.4, -0.2) is 46.0 Å². The number of nitrogens with zero attached hydrogens (tertiary/aromatic N) is 4. The molecule has 3 heterocycles. The second-order valence-electron chi connectivity index (χ2n) is 7.04. The van der Waals surface area contributed by atoms with Crippen LogP contribution in [0.3, 0.4) is 0 Å². The molecule has 0 saturated carbocycles. The van der Waals surface area contributed by atoms with E-state index in [1.165, 1.54) is 5.69 Å². The highest BCUT2D eigenvalue weighted by Gasteiger charge is 2.18. The lowest BCUT2D eigenvalue weighted by molar-refractivity contribution is 0.250. The second-order valence-corrected chi connectivity index (χ2v) is 7.04. The molecule has 0 radical (unpaired) electrons. The maximum atomic E-state index is 12.0. The fourth-order valence-electron chi connectivity index (χ4n) is 3.63. The second kappa shape index (κ2) is 7.83. The summed E-state index contributed by atoms with van der Waals surface area (Å²) in [7, 11) is 0. The van der Waals surface area contributed by atoms with Gasteiger partial charge in [-0.2, -0.15) is 0 Å². The van der Waals surface area contributed by atoms with Crippen molar-refractivity contribution in [3.8, 4) is 11.8 Å². The summed E-state index contributed by atoms with van der Waals surface area (Å²) in [6.07, 6.45) is 3.72. The van der Waals surface area contributed by atoms with Gasteiger partial charge in [-0.3, -0.25) is 14.7 Å². The van der Waals surface area contributed by atoms with Crippen molar-refractivity contribution >= 4 is 16.7 Å². The Bertz CT molecular complexity index is 1100. The zero-order valence-electron chi connectivity index (χ0n) is 16.2. The SMILES string of the molecule is CC#Cc1cc(CN2CCN(c3cccnc3)CC2)cc2[nH]c(=O)c(C)nc12. The van der Waals surface area contributed by atoms with E-state index >= 15 is 0 Å². The number of benzene rings is 1. The lowest BCUT2D eigenvalue weighted by Crippen LogP contribution is -2.46. The van der Waals surface area contributed by atoms with E-state index in [2.05, 4.69) is 48.7 Å². The van der Waals surface area contributed by atoms with Crippen LogP contribution in [-0.2, 0) is 6.54 Å². The van der Waals surface area contributed by atoms with E-state index in [1.807, 2.05) is 25.3 Å². The number of rotatable bonds is 3. The molecule has 1 fully saturated rings. The lowest BCUT2D eigenvalue weighted by atomic mass is 10.1. The molecule has 28 heavy (non-hydrogen) atoms. The molecule has 0 amide bonds. The van der Waals surface area contributed by atoms with E-state index in [0.29, 0.717) is 5.69 Å². The van der Waals surface area contributed by atoms with Gasteiger partial charge in [0, 0.05) is 38.9 Å². The first-order chi connectivity index (χ1) is 13.6. The van der Waals surface area contributed by atoms with Gasteiger partial charge < -0.3 is 9.88 Å². The van der Waals surface area contributed by atoms with Crippen molar-refractivity contribution in [2.75, 3.05) is 31.1 Å². The Hall–Kier alpha value is -3.17. The van der Waals surface area contributed by atoms with Gasteiger partial charge in [0.2, 0.25) is 0 Å². The summed E-state index contributed by atoms with van der Waals surface area (Å²) in [4.78, 5) is 28.4. The largest absolute Gasteiger partial charge is 0.368 e. The maximum absolute atomic E-state index is 12.0. The third kappa shape index (κ3) is 3.75. The highest BCUT2D eigenvalue weighted by Crippen LogP contribution is 2.20. The average molecular weight is 373 g/mol. The molecular weight excluding hydrogens is 350 g/mol. The standard InChI is InChI=1S/C22H23N5O/c1-3-5-18-12-17(13-20-21(18)24-16(2)22(28)25-20)15-26-8-10-27(11-9-26)19-6-4-7-23-14-19/h4,6-7,12-14H,8-11,15H2,1-2H3,(H,25,28). The van der Waals surface area contributed by atoms with E-state index in [1.54, 1.807) is 13.1 Å². The van der Waals surface area contributed by atoms with E-state index in [-0.39, 0.29) is 5.56 Å². The molecule has 0 spiro atoms. The third-order valence-corrected chi connectivity index (χ3v) is 5.08. The highest BCUT2D eigenvalue weighted by atomic mass is 16.1. The Labute approximate surface area is 164 Å². The van der Waals surface area contributed by atoms with Crippen LogP contribution in [0.1, 0.15) is 23.7 Å². The fraction of sp³-hybridized carbons (Fsp3) is 0.318. The van der Waals surface area contributed by atoms with Gasteiger partial charge in [0.25, 0.3) is 5.56 Å². The molecule has 142 valence electrons. The molecule has 0 aliphatic carbocycles. The molecule has 0 unspecified atom stereocenters. The van der Waals surface area contributed by atoms with Crippen molar-refractivity contribution in [1.82, 2.24) is 19.9 Å². The molecule has 3 aromatic rings. The Morgan fingerprint density at radius 2 is 2.04 bits per heavy atom. The number of aromatic nitrogens is 3. The van der Waals surface area contributed by atoms with Crippen molar-refractivity contribution in [3.05, 3.63) is 63.8 Å². The topological polar surface area (TPSA) is 65.1 Å². The fourth-order valence-corrected chi connectivity index (χ4v) is 3.63. The first kappa shape index (κ1) is 18.2. The summed E-state index contributed by atoms with van der Waals surface area (Å²) in [6.45, 7) is 8.25. The monoisotopic (exact) mass is 373 g/mol. The van der Waals surface area contributed by atoms with E-state index in [0.717, 1.165) is 54.9 Å². The Balaban J connectivity index is 1.54. The summed E-state index contributed by atoms with van der Waals surface area (Å²) in [6, 6.07) is 8.20.